The van der Waals surface area contributed by atoms with Gasteiger partial charge in [0, 0.05) is 36.4 Å². The SMILES string of the molecule is CCn1nc(C)c(C(C)N(CCC(=O)O)C(C)C)c1C. The number of carboxylic acids is 1. The Morgan fingerprint density at radius 1 is 1.35 bits per heavy atom. The highest BCUT2D eigenvalue weighted by molar-refractivity contribution is 5.66. The lowest BCUT2D eigenvalue weighted by Crippen LogP contribution is -2.35. The van der Waals surface area contributed by atoms with E-state index in [1.54, 1.807) is 0 Å². The topological polar surface area (TPSA) is 58.4 Å². The molecule has 114 valence electrons. The number of nitrogens with zero attached hydrogens (tertiary/aromatic N) is 3. The highest BCUT2D eigenvalue weighted by atomic mass is 16.4. The summed E-state index contributed by atoms with van der Waals surface area (Å²) in [6, 6.07) is 0.475. The quantitative estimate of drug-likeness (QED) is 0.835. The van der Waals surface area contributed by atoms with E-state index in [1.165, 1.54) is 11.3 Å². The molecule has 0 radical (unpaired) electrons. The molecule has 1 rings (SSSR count). The van der Waals surface area contributed by atoms with Crippen LogP contribution in [0.15, 0.2) is 0 Å². The lowest BCUT2D eigenvalue weighted by Gasteiger charge is -2.32. The van der Waals surface area contributed by atoms with E-state index in [0.717, 1.165) is 12.2 Å². The predicted octanol–water partition coefficient (Wildman–Crippen LogP) is 2.77. The molecule has 0 fully saturated rings. The second-order valence-electron chi connectivity index (χ2n) is 5.55. The summed E-state index contributed by atoms with van der Waals surface area (Å²) < 4.78 is 2.01. The van der Waals surface area contributed by atoms with Gasteiger partial charge in [-0.25, -0.2) is 0 Å². The van der Waals surface area contributed by atoms with E-state index >= 15 is 0 Å². The van der Waals surface area contributed by atoms with Crippen molar-refractivity contribution in [1.29, 1.82) is 0 Å². The number of aromatic nitrogens is 2. The van der Waals surface area contributed by atoms with Gasteiger partial charge in [-0.15, -0.1) is 0 Å². The van der Waals surface area contributed by atoms with Crippen LogP contribution in [0, 0.1) is 13.8 Å². The fourth-order valence-electron chi connectivity index (χ4n) is 2.91. The molecule has 0 spiro atoms. The van der Waals surface area contributed by atoms with Crippen molar-refractivity contribution in [2.45, 2.75) is 66.6 Å². The summed E-state index contributed by atoms with van der Waals surface area (Å²) in [5.41, 5.74) is 3.45. The van der Waals surface area contributed by atoms with Gasteiger partial charge in [-0.05, 0) is 41.5 Å². The highest BCUT2D eigenvalue weighted by Gasteiger charge is 2.24. The number of aryl methyl sites for hydroxylation is 2. The van der Waals surface area contributed by atoms with E-state index in [2.05, 4.69) is 44.6 Å². The molecule has 0 amide bonds. The molecular weight excluding hydrogens is 254 g/mol. The molecule has 1 N–H and O–H groups in total. The maximum atomic E-state index is 10.8. The first-order valence-electron chi connectivity index (χ1n) is 7.31. The van der Waals surface area contributed by atoms with Crippen LogP contribution < -0.4 is 0 Å². The largest absolute Gasteiger partial charge is 0.481 e. The molecule has 0 aliphatic carbocycles. The van der Waals surface area contributed by atoms with Gasteiger partial charge in [0.1, 0.15) is 0 Å². The molecule has 20 heavy (non-hydrogen) atoms. The average Bonchev–Trinajstić information content (AvgIpc) is 2.63. The van der Waals surface area contributed by atoms with Crippen LogP contribution >= 0.6 is 0 Å². The second-order valence-corrected chi connectivity index (χ2v) is 5.55. The number of carbonyl (C=O) groups is 1. The lowest BCUT2D eigenvalue weighted by atomic mass is 10.0. The number of hydrogen-bond donors (Lipinski definition) is 1. The molecule has 1 heterocycles. The van der Waals surface area contributed by atoms with Crippen molar-refractivity contribution in [1.82, 2.24) is 14.7 Å². The van der Waals surface area contributed by atoms with Crippen LogP contribution in [0.5, 0.6) is 0 Å². The average molecular weight is 281 g/mol. The third kappa shape index (κ3) is 3.60. The zero-order valence-corrected chi connectivity index (χ0v) is 13.5. The van der Waals surface area contributed by atoms with E-state index in [1.807, 2.05) is 11.6 Å². The maximum Gasteiger partial charge on any atom is 0.304 e. The lowest BCUT2D eigenvalue weighted by molar-refractivity contribution is -0.137. The molecule has 1 aromatic heterocycles. The molecular formula is C15H27N3O2. The molecule has 0 aromatic carbocycles. The minimum Gasteiger partial charge on any atom is -0.481 e. The molecule has 0 aliphatic heterocycles. The van der Waals surface area contributed by atoms with Crippen LogP contribution in [0.4, 0.5) is 0 Å². The van der Waals surface area contributed by atoms with E-state index in [-0.39, 0.29) is 12.5 Å². The summed E-state index contributed by atoms with van der Waals surface area (Å²) in [5, 5.41) is 13.5. The number of carboxylic acid groups (broad SMARTS) is 1. The molecule has 0 saturated carbocycles. The zero-order valence-electron chi connectivity index (χ0n) is 13.5. The smallest absolute Gasteiger partial charge is 0.304 e. The first-order chi connectivity index (χ1) is 9.29. The maximum absolute atomic E-state index is 10.8. The molecule has 5 nitrogen and oxygen atoms in total. The standard InChI is InChI=1S/C15H27N3O2/c1-7-18-13(6)15(11(4)16-18)12(5)17(10(2)3)9-8-14(19)20/h10,12H,7-9H2,1-6H3,(H,19,20). The number of hydrogen-bond acceptors (Lipinski definition) is 3. The Hall–Kier alpha value is -1.36. The van der Waals surface area contributed by atoms with Crippen molar-refractivity contribution in [3.05, 3.63) is 17.0 Å². The summed E-state index contributed by atoms with van der Waals surface area (Å²) in [6.45, 7) is 14.0. The third-order valence-corrected chi connectivity index (χ3v) is 3.90. The Morgan fingerprint density at radius 3 is 2.35 bits per heavy atom. The van der Waals surface area contributed by atoms with Crippen LogP contribution in [0.1, 0.15) is 57.1 Å². The molecule has 0 aliphatic rings. The molecule has 1 aromatic rings. The fraction of sp³-hybridized carbons (Fsp3) is 0.733. The van der Waals surface area contributed by atoms with Crippen molar-refractivity contribution >= 4 is 5.97 Å². The van der Waals surface area contributed by atoms with Gasteiger partial charge in [0.05, 0.1) is 12.1 Å². The third-order valence-electron chi connectivity index (χ3n) is 3.90. The van der Waals surface area contributed by atoms with Gasteiger partial charge >= 0.3 is 5.97 Å². The first kappa shape index (κ1) is 16.7. The molecule has 5 heteroatoms. The van der Waals surface area contributed by atoms with Crippen LogP contribution in [0.25, 0.3) is 0 Å². The molecule has 1 unspecified atom stereocenters. The second kappa shape index (κ2) is 6.88. The Morgan fingerprint density at radius 2 is 1.95 bits per heavy atom. The van der Waals surface area contributed by atoms with Crippen LogP contribution in [-0.4, -0.2) is 38.3 Å². The molecule has 1 atom stereocenters. The van der Waals surface area contributed by atoms with E-state index in [4.69, 9.17) is 5.11 Å². The minimum atomic E-state index is -0.749. The Kier molecular flexibility index (Phi) is 5.74. The Labute approximate surface area is 121 Å². The van der Waals surface area contributed by atoms with Crippen molar-refractivity contribution in [2.24, 2.45) is 0 Å². The van der Waals surface area contributed by atoms with E-state index in [0.29, 0.717) is 12.6 Å². The first-order valence-corrected chi connectivity index (χ1v) is 7.31. The summed E-state index contributed by atoms with van der Waals surface area (Å²) >= 11 is 0. The van der Waals surface area contributed by atoms with Gasteiger partial charge < -0.3 is 5.11 Å². The summed E-state index contributed by atoms with van der Waals surface area (Å²) in [7, 11) is 0. The number of rotatable bonds is 7. The fourth-order valence-corrected chi connectivity index (χ4v) is 2.91. The van der Waals surface area contributed by atoms with Gasteiger partial charge in [0.2, 0.25) is 0 Å². The minimum absolute atomic E-state index is 0.169. The molecule has 0 bridgehead atoms. The van der Waals surface area contributed by atoms with Crippen LogP contribution in [-0.2, 0) is 11.3 Å². The van der Waals surface area contributed by atoms with Crippen molar-refractivity contribution < 1.29 is 9.90 Å². The van der Waals surface area contributed by atoms with Gasteiger partial charge in [-0.2, -0.15) is 5.10 Å². The summed E-state index contributed by atoms with van der Waals surface area (Å²) in [6.07, 6.45) is 0.169. The van der Waals surface area contributed by atoms with Gasteiger partial charge in [-0.1, -0.05) is 0 Å². The normalized spacial score (nSPS) is 13.2. The summed E-state index contributed by atoms with van der Waals surface area (Å²) in [5.74, 6) is -0.749. The van der Waals surface area contributed by atoms with Gasteiger partial charge in [0.15, 0.2) is 0 Å². The van der Waals surface area contributed by atoms with Crippen molar-refractivity contribution in [3.8, 4) is 0 Å². The zero-order chi connectivity index (χ0) is 15.4. The summed E-state index contributed by atoms with van der Waals surface area (Å²) in [4.78, 5) is 13.1. The highest BCUT2D eigenvalue weighted by Crippen LogP contribution is 2.28. The molecule has 0 saturated heterocycles. The Balaban J connectivity index is 3.03. The van der Waals surface area contributed by atoms with E-state index in [9.17, 15) is 4.79 Å². The van der Waals surface area contributed by atoms with Gasteiger partial charge in [0.25, 0.3) is 0 Å². The van der Waals surface area contributed by atoms with Crippen LogP contribution in [0.2, 0.25) is 0 Å². The number of aliphatic carboxylic acids is 1. The van der Waals surface area contributed by atoms with Crippen LogP contribution in [0.3, 0.4) is 0 Å². The predicted molar refractivity (Wildman–Crippen MR) is 79.9 cm³/mol. The van der Waals surface area contributed by atoms with Gasteiger partial charge in [-0.3, -0.25) is 14.4 Å². The monoisotopic (exact) mass is 281 g/mol. The van der Waals surface area contributed by atoms with Crippen molar-refractivity contribution in [3.63, 3.8) is 0 Å². The van der Waals surface area contributed by atoms with E-state index < -0.39 is 5.97 Å². The Bertz CT molecular complexity index is 466. The van der Waals surface area contributed by atoms with Crippen molar-refractivity contribution in [2.75, 3.05) is 6.54 Å².